The molecule has 0 radical (unpaired) electrons. The molecule has 2 aliphatic heterocycles. The molecule has 4 rings (SSSR count). The second-order valence-corrected chi connectivity index (χ2v) is 11.5. The SMILES string of the molecule is CC1=C(C(=O)O)C([C@@H]2CC[C@H](NC(=O)NCCCN3CCN(C4CCCCC4)CC3)C2)C(C(=O)O)=C(C)N1. The highest BCUT2D eigenvalue weighted by molar-refractivity contribution is 5.96. The molecule has 212 valence electrons. The minimum atomic E-state index is -1.10. The van der Waals surface area contributed by atoms with Crippen LogP contribution in [0.5, 0.6) is 0 Å². The van der Waals surface area contributed by atoms with Crippen molar-refractivity contribution in [2.45, 2.75) is 83.7 Å². The van der Waals surface area contributed by atoms with Crippen molar-refractivity contribution in [2.75, 3.05) is 39.3 Å². The standard InChI is InChI=1S/C28H45N5O5/c1-18-23(26(34)35)25(24(27(36)37)19(2)30-18)20-9-10-21(17-20)31-28(38)29-11-6-12-32-13-15-33(16-14-32)22-7-4-3-5-8-22/h20-22,25,30H,3-17H2,1-2H3,(H,34,35)(H,36,37)(H2,29,31,38)/t20-,21+/m1/s1. The van der Waals surface area contributed by atoms with E-state index in [1.54, 1.807) is 13.8 Å². The molecule has 10 nitrogen and oxygen atoms in total. The Hall–Kier alpha value is -2.59. The third-order valence-corrected chi connectivity index (χ3v) is 8.98. The number of rotatable bonds is 9. The maximum Gasteiger partial charge on any atom is 0.333 e. The summed E-state index contributed by atoms with van der Waals surface area (Å²) in [7, 11) is 0. The molecule has 0 bridgehead atoms. The lowest BCUT2D eigenvalue weighted by Crippen LogP contribution is -2.51. The number of nitrogens with one attached hydrogen (secondary N) is 3. The molecule has 0 aromatic carbocycles. The zero-order chi connectivity index (χ0) is 27.2. The number of hydrogen-bond donors (Lipinski definition) is 5. The highest BCUT2D eigenvalue weighted by Gasteiger charge is 2.43. The number of aliphatic carboxylic acids is 2. The molecule has 0 aromatic rings. The number of carboxylic acids is 2. The van der Waals surface area contributed by atoms with E-state index in [9.17, 15) is 24.6 Å². The highest BCUT2D eigenvalue weighted by atomic mass is 16.4. The summed E-state index contributed by atoms with van der Waals surface area (Å²) in [4.78, 5) is 41.7. The maximum atomic E-state index is 12.5. The van der Waals surface area contributed by atoms with Crippen LogP contribution in [0.1, 0.15) is 71.6 Å². The molecule has 3 fully saturated rings. The number of piperazine rings is 1. The van der Waals surface area contributed by atoms with Crippen LogP contribution in [0.4, 0.5) is 4.79 Å². The number of carboxylic acid groups (broad SMARTS) is 2. The van der Waals surface area contributed by atoms with Crippen molar-refractivity contribution in [1.29, 1.82) is 0 Å². The van der Waals surface area contributed by atoms with Crippen molar-refractivity contribution < 1.29 is 24.6 Å². The van der Waals surface area contributed by atoms with Crippen molar-refractivity contribution in [3.63, 3.8) is 0 Å². The molecule has 5 N–H and O–H groups in total. The van der Waals surface area contributed by atoms with E-state index >= 15 is 0 Å². The Morgan fingerprint density at radius 2 is 1.53 bits per heavy atom. The van der Waals surface area contributed by atoms with Gasteiger partial charge < -0.3 is 31.1 Å². The zero-order valence-electron chi connectivity index (χ0n) is 22.9. The second kappa shape index (κ2) is 13.0. The molecule has 2 atom stereocenters. The van der Waals surface area contributed by atoms with Gasteiger partial charge in [0.2, 0.25) is 0 Å². The Kier molecular flexibility index (Phi) is 9.70. The van der Waals surface area contributed by atoms with Gasteiger partial charge in [-0.1, -0.05) is 19.3 Å². The highest BCUT2D eigenvalue weighted by Crippen LogP contribution is 2.43. The van der Waals surface area contributed by atoms with Gasteiger partial charge in [0.25, 0.3) is 0 Å². The molecule has 0 unspecified atom stereocenters. The monoisotopic (exact) mass is 531 g/mol. The fourth-order valence-electron chi connectivity index (χ4n) is 7.07. The number of hydrogen-bond acceptors (Lipinski definition) is 6. The van der Waals surface area contributed by atoms with Gasteiger partial charge in [0.1, 0.15) is 0 Å². The van der Waals surface area contributed by atoms with E-state index in [-0.39, 0.29) is 29.1 Å². The van der Waals surface area contributed by atoms with E-state index in [2.05, 4.69) is 25.8 Å². The van der Waals surface area contributed by atoms with Gasteiger partial charge in [-0.3, -0.25) is 4.90 Å². The van der Waals surface area contributed by atoms with Gasteiger partial charge in [-0.05, 0) is 64.8 Å². The maximum absolute atomic E-state index is 12.5. The van der Waals surface area contributed by atoms with Gasteiger partial charge in [0.05, 0.1) is 11.1 Å². The van der Waals surface area contributed by atoms with Crippen molar-refractivity contribution in [3.8, 4) is 0 Å². The van der Waals surface area contributed by atoms with Crippen molar-refractivity contribution in [3.05, 3.63) is 22.5 Å². The minimum absolute atomic E-state index is 0.103. The summed E-state index contributed by atoms with van der Waals surface area (Å²) in [5.74, 6) is -3.05. The van der Waals surface area contributed by atoms with Crippen LogP contribution in [0, 0.1) is 11.8 Å². The first-order valence-corrected chi connectivity index (χ1v) is 14.4. The molecule has 2 aliphatic carbocycles. The third-order valence-electron chi connectivity index (χ3n) is 8.98. The van der Waals surface area contributed by atoms with Crippen LogP contribution in [0.3, 0.4) is 0 Å². The molecule has 0 aromatic heterocycles. The predicted octanol–water partition coefficient (Wildman–Crippen LogP) is 2.73. The van der Waals surface area contributed by atoms with E-state index in [0.717, 1.165) is 45.2 Å². The Morgan fingerprint density at radius 3 is 2.13 bits per heavy atom. The van der Waals surface area contributed by atoms with Gasteiger partial charge in [-0.25, -0.2) is 14.4 Å². The summed E-state index contributed by atoms with van der Waals surface area (Å²) < 4.78 is 0. The molecule has 38 heavy (non-hydrogen) atoms. The van der Waals surface area contributed by atoms with E-state index in [1.807, 2.05) is 0 Å². The Balaban J connectivity index is 1.18. The molecular formula is C28H45N5O5. The average molecular weight is 532 g/mol. The number of dihydropyridines is 1. The lowest BCUT2D eigenvalue weighted by Gasteiger charge is -2.40. The molecule has 4 aliphatic rings. The fraction of sp³-hybridized carbons (Fsp3) is 0.750. The smallest absolute Gasteiger partial charge is 0.333 e. The summed E-state index contributed by atoms with van der Waals surface area (Å²) in [5.41, 5.74) is 1.19. The van der Waals surface area contributed by atoms with Gasteiger partial charge >= 0.3 is 18.0 Å². The first-order valence-electron chi connectivity index (χ1n) is 14.4. The van der Waals surface area contributed by atoms with Gasteiger partial charge in [-0.15, -0.1) is 0 Å². The van der Waals surface area contributed by atoms with E-state index in [0.29, 0.717) is 37.2 Å². The number of carbonyl (C=O) groups is 3. The van der Waals surface area contributed by atoms with Crippen molar-refractivity contribution in [1.82, 2.24) is 25.8 Å². The second-order valence-electron chi connectivity index (χ2n) is 11.5. The van der Waals surface area contributed by atoms with Crippen molar-refractivity contribution >= 4 is 18.0 Å². The van der Waals surface area contributed by atoms with Gasteiger partial charge in [0.15, 0.2) is 0 Å². The molecule has 10 heteroatoms. The summed E-state index contributed by atoms with van der Waals surface area (Å²) in [6, 6.07) is 0.472. The normalized spacial score (nSPS) is 26.4. The van der Waals surface area contributed by atoms with Crippen LogP contribution in [-0.2, 0) is 9.59 Å². The topological polar surface area (TPSA) is 134 Å². The number of urea groups is 1. The first-order chi connectivity index (χ1) is 18.2. The summed E-state index contributed by atoms with van der Waals surface area (Å²) in [5, 5.41) is 28.6. The van der Waals surface area contributed by atoms with Crippen LogP contribution in [-0.4, -0.2) is 89.3 Å². The number of nitrogens with zero attached hydrogens (tertiary/aromatic N) is 2. The van der Waals surface area contributed by atoms with Crippen LogP contribution < -0.4 is 16.0 Å². The molecule has 2 saturated carbocycles. The zero-order valence-corrected chi connectivity index (χ0v) is 22.9. The van der Waals surface area contributed by atoms with Crippen LogP contribution in [0.25, 0.3) is 0 Å². The quantitative estimate of drug-likeness (QED) is 0.287. The largest absolute Gasteiger partial charge is 0.478 e. The Morgan fingerprint density at radius 1 is 0.895 bits per heavy atom. The average Bonchev–Trinajstić information content (AvgIpc) is 3.34. The Labute approximate surface area is 225 Å². The van der Waals surface area contributed by atoms with E-state index < -0.39 is 17.9 Å². The first kappa shape index (κ1) is 28.4. The number of carbonyl (C=O) groups excluding carboxylic acids is 1. The summed E-state index contributed by atoms with van der Waals surface area (Å²) in [6.07, 6.45) is 9.66. The molecule has 0 spiro atoms. The number of allylic oxidation sites excluding steroid dienone is 2. The molecule has 1 saturated heterocycles. The fourth-order valence-corrected chi connectivity index (χ4v) is 7.07. The molecule has 2 heterocycles. The van der Waals surface area contributed by atoms with Crippen LogP contribution in [0.15, 0.2) is 22.5 Å². The van der Waals surface area contributed by atoms with Gasteiger partial charge in [-0.2, -0.15) is 0 Å². The van der Waals surface area contributed by atoms with Gasteiger partial charge in [0, 0.05) is 62.1 Å². The van der Waals surface area contributed by atoms with Crippen molar-refractivity contribution in [2.24, 2.45) is 11.8 Å². The Bertz CT molecular complexity index is 913. The summed E-state index contributed by atoms with van der Waals surface area (Å²) in [6.45, 7) is 9.43. The van der Waals surface area contributed by atoms with E-state index in [1.165, 1.54) is 32.1 Å². The molecule has 2 amide bonds. The number of amides is 2. The molecular weight excluding hydrogens is 486 g/mol. The van der Waals surface area contributed by atoms with Crippen LogP contribution in [0.2, 0.25) is 0 Å². The lowest BCUT2D eigenvalue weighted by atomic mass is 9.76. The predicted molar refractivity (Wildman–Crippen MR) is 144 cm³/mol. The summed E-state index contributed by atoms with van der Waals surface area (Å²) >= 11 is 0. The van der Waals surface area contributed by atoms with Crippen LogP contribution >= 0.6 is 0 Å². The lowest BCUT2D eigenvalue weighted by molar-refractivity contribution is -0.134. The van der Waals surface area contributed by atoms with E-state index in [4.69, 9.17) is 0 Å². The minimum Gasteiger partial charge on any atom is -0.478 e. The third kappa shape index (κ3) is 6.88.